The van der Waals surface area contributed by atoms with Crippen LogP contribution in [-0.2, 0) is 85.8 Å². The van der Waals surface area contributed by atoms with Crippen LogP contribution in [0.2, 0.25) is 0 Å². The molecule has 0 radical (unpaired) electrons. The van der Waals surface area contributed by atoms with Gasteiger partial charge in [-0.3, -0.25) is 42.9 Å². The lowest BCUT2D eigenvalue weighted by Crippen LogP contribution is -2.32. The summed E-state index contributed by atoms with van der Waals surface area (Å²) < 4.78 is 46.2. The maximum absolute atomic E-state index is 13.3. The van der Waals surface area contributed by atoms with Crippen molar-refractivity contribution in [2.45, 2.75) is 132 Å². The highest BCUT2D eigenvalue weighted by molar-refractivity contribution is 5.96. The predicted octanol–water partition coefficient (Wildman–Crippen LogP) is 14.1. The van der Waals surface area contributed by atoms with Gasteiger partial charge in [0.2, 0.25) is 23.5 Å². The van der Waals surface area contributed by atoms with Gasteiger partial charge in [0.1, 0.15) is 37.9 Å². The van der Waals surface area contributed by atoms with Gasteiger partial charge in [-0.2, -0.15) is 0 Å². The Morgan fingerprint density at radius 1 is 0.349 bits per heavy atom. The van der Waals surface area contributed by atoms with Gasteiger partial charge in [-0.1, -0.05) is 126 Å². The Bertz CT molecular complexity index is 4860. The van der Waals surface area contributed by atoms with Gasteiger partial charge in [-0.15, -0.1) is 20.4 Å². The zero-order valence-corrected chi connectivity index (χ0v) is 62.3. The number of rotatable bonds is 16. The van der Waals surface area contributed by atoms with Gasteiger partial charge in [0, 0.05) is 118 Å². The van der Waals surface area contributed by atoms with Crippen molar-refractivity contribution in [3.05, 3.63) is 314 Å². The number of carbonyl (C=O) groups excluding carboxylic acids is 4. The first-order valence-corrected chi connectivity index (χ1v) is 37.1. The molecule has 10 heterocycles. The van der Waals surface area contributed by atoms with Gasteiger partial charge in [0.15, 0.2) is 0 Å². The monoisotopic (exact) mass is 1470 g/mol. The summed E-state index contributed by atoms with van der Waals surface area (Å²) in [5.41, 5.74) is 15.4. The van der Waals surface area contributed by atoms with E-state index in [-0.39, 0.29) is 36.1 Å². The molecular weight excluding hydrogens is 1380 g/mol. The molecule has 4 amide bonds. The Morgan fingerprint density at radius 3 is 1.00 bits per heavy atom. The second kappa shape index (κ2) is 35.8. The Morgan fingerprint density at radius 2 is 0.670 bits per heavy atom. The number of hydrogen-bond donors (Lipinski definition) is 0. The molecule has 4 aliphatic rings. The average Bonchev–Trinajstić information content (AvgIpc) is 1.69. The molecule has 0 atom stereocenters. The molecule has 4 aliphatic heterocycles. The number of amides is 4. The average molecular weight is 1470 g/mol. The fourth-order valence-corrected chi connectivity index (χ4v) is 13.2. The Hall–Kier alpha value is -12.4. The molecule has 6 aromatic heterocycles. The number of carbonyl (C=O) groups is 4. The summed E-state index contributed by atoms with van der Waals surface area (Å²) >= 11 is 0. The molecule has 0 saturated carbocycles. The normalized spacial score (nSPS) is 13.8. The lowest BCUT2D eigenvalue weighted by atomic mass is 10.1. The van der Waals surface area contributed by atoms with Gasteiger partial charge in [0.05, 0.1) is 49.0 Å². The zero-order valence-electron chi connectivity index (χ0n) is 62.3. The van der Waals surface area contributed by atoms with Crippen molar-refractivity contribution in [2.75, 3.05) is 26.2 Å². The van der Waals surface area contributed by atoms with Crippen molar-refractivity contribution in [3.8, 4) is 23.5 Å². The predicted molar refractivity (Wildman–Crippen MR) is 411 cm³/mol. The number of pyridine rings is 1. The van der Waals surface area contributed by atoms with Crippen LogP contribution in [0.4, 0.5) is 4.39 Å². The minimum atomic E-state index is -0.285. The minimum absolute atomic E-state index is 0.0249. The zero-order chi connectivity index (χ0) is 75.6. The van der Waals surface area contributed by atoms with Gasteiger partial charge < -0.3 is 43.1 Å². The van der Waals surface area contributed by atoms with Crippen LogP contribution < -0.4 is 18.9 Å². The number of aryl methyl sites for hydroxylation is 8. The van der Waals surface area contributed by atoms with Crippen LogP contribution in [0.3, 0.4) is 0 Å². The second-order valence-electron chi connectivity index (χ2n) is 27.7. The fourth-order valence-electron chi connectivity index (χ4n) is 13.2. The molecule has 109 heavy (non-hydrogen) atoms. The molecule has 0 fully saturated rings. The SMILES string of the molecule is Cc1ccc(C(=O)N2CCCn3nc(OCc4cccc(F)c4)cc3C2)cc1.Cc1ccc(C(=O)N2CCCn3nc(OCc4ccccc4)cc3C2)cc1.Cc1ccc(C(=O)N2CCCn3nc(OCc4ccccc4)cc3C2)n1C.Cc1ccc(C(=O)N2CCCn3nc(OCc4ccncc4)cc3C2)cc1. The van der Waals surface area contributed by atoms with Gasteiger partial charge >= 0.3 is 0 Å². The van der Waals surface area contributed by atoms with E-state index in [0.29, 0.717) is 81.6 Å². The smallest absolute Gasteiger partial charge is 0.270 e. The minimum Gasteiger partial charge on any atom is -0.472 e. The molecule has 0 saturated heterocycles. The lowest BCUT2D eigenvalue weighted by molar-refractivity contribution is 0.0730. The van der Waals surface area contributed by atoms with Crippen molar-refractivity contribution in [1.29, 1.82) is 0 Å². The topological polar surface area (TPSA) is 207 Å². The first kappa shape index (κ1) is 74.9. The van der Waals surface area contributed by atoms with Crippen molar-refractivity contribution >= 4 is 23.6 Å². The maximum Gasteiger partial charge on any atom is 0.270 e. The van der Waals surface area contributed by atoms with Crippen LogP contribution in [0.25, 0.3) is 0 Å². The summed E-state index contributed by atoms with van der Waals surface area (Å²) in [5, 5.41) is 18.2. The highest BCUT2D eigenvalue weighted by Crippen LogP contribution is 2.27. The number of halogens is 1. The summed E-state index contributed by atoms with van der Waals surface area (Å²) in [6, 6.07) is 64.9. The highest BCUT2D eigenvalue weighted by Gasteiger charge is 2.28. The van der Waals surface area contributed by atoms with E-state index < -0.39 is 0 Å². The molecule has 22 nitrogen and oxygen atoms in total. The summed E-state index contributed by atoms with van der Waals surface area (Å²) in [7, 11) is 1.93. The third-order valence-corrected chi connectivity index (χ3v) is 19.5. The molecule has 0 N–H and O–H groups in total. The molecule has 6 aromatic carbocycles. The van der Waals surface area contributed by atoms with Gasteiger partial charge in [-0.05, 0) is 148 Å². The van der Waals surface area contributed by atoms with E-state index in [1.54, 1.807) is 18.5 Å². The summed E-state index contributed by atoms with van der Waals surface area (Å²) in [5.74, 6) is 2.22. The number of benzene rings is 6. The van der Waals surface area contributed by atoms with Crippen LogP contribution in [0.1, 0.15) is 135 Å². The van der Waals surface area contributed by atoms with Crippen molar-refractivity contribution in [3.63, 3.8) is 0 Å². The van der Waals surface area contributed by atoms with Crippen molar-refractivity contribution in [1.82, 2.24) is 68.3 Å². The number of aromatic nitrogens is 10. The van der Waals surface area contributed by atoms with E-state index in [1.165, 1.54) is 12.1 Å². The summed E-state index contributed by atoms with van der Waals surface area (Å²) in [4.78, 5) is 63.1. The van der Waals surface area contributed by atoms with E-state index in [4.69, 9.17) is 18.9 Å². The molecule has 0 unspecified atom stereocenters. The van der Waals surface area contributed by atoms with E-state index >= 15 is 0 Å². The Labute approximate surface area is 634 Å². The van der Waals surface area contributed by atoms with Crippen molar-refractivity contribution < 1.29 is 42.5 Å². The molecule has 16 rings (SSSR count). The van der Waals surface area contributed by atoms with Gasteiger partial charge in [-0.25, -0.2) is 4.39 Å². The second-order valence-corrected chi connectivity index (χ2v) is 27.7. The molecule has 23 heteroatoms. The third-order valence-electron chi connectivity index (χ3n) is 19.5. The summed E-state index contributed by atoms with van der Waals surface area (Å²) in [6.07, 6.45) is 6.95. The van der Waals surface area contributed by atoms with Crippen LogP contribution in [0, 0.1) is 33.5 Å². The molecule has 0 spiro atoms. The maximum atomic E-state index is 13.3. The number of hydrogen-bond acceptors (Lipinski definition) is 13. The van der Waals surface area contributed by atoms with Gasteiger partial charge in [0.25, 0.3) is 23.6 Å². The largest absolute Gasteiger partial charge is 0.472 e. The van der Waals surface area contributed by atoms with Crippen LogP contribution in [0.15, 0.2) is 219 Å². The first-order valence-electron chi connectivity index (χ1n) is 37.1. The summed E-state index contributed by atoms with van der Waals surface area (Å²) in [6.45, 7) is 17.8. The standard InChI is InChI=1S/C22H22FN3O2.C22H23N3O2.C21H22N4O2.C21H24N4O2/c1-16-6-8-18(9-7-16)22(27)25-10-3-11-26-20(14-25)13-21(24-26)28-15-17-4-2-5-19(23)12-17;1-17-8-10-19(11-9-17)22(26)24-12-5-13-25-20(15-24)14-21(23-25)27-16-18-6-3-2-4-7-18;1-16-3-5-18(6-4-16)21(26)24-11-2-12-25-19(14-24)13-20(23-25)27-15-17-7-9-22-10-8-17;1-16-9-10-19(23(16)2)21(26)24-11-6-12-25-18(14-24)13-20(22-25)27-15-17-7-4-3-5-8-17/h2,4-9,12-13H,3,10-11,14-15H2,1H3;2-4,6-11,14H,5,12-13,15-16H2,1H3;3-10,13H,2,11-12,14-15H2,1H3;3-5,7-10,13H,6,11-12,14-15H2,1-2H3. The van der Waals surface area contributed by atoms with Crippen LogP contribution >= 0.6 is 0 Å². The molecule has 0 bridgehead atoms. The highest BCUT2D eigenvalue weighted by atomic mass is 19.1. The third kappa shape index (κ3) is 20.0. The first-order chi connectivity index (χ1) is 53.1. The van der Waals surface area contributed by atoms with E-state index in [2.05, 4.69) is 25.4 Å². The number of nitrogens with zero attached hydrogens (tertiary/aromatic N) is 14. The van der Waals surface area contributed by atoms with Crippen molar-refractivity contribution in [2.24, 2.45) is 7.05 Å². The van der Waals surface area contributed by atoms with Crippen LogP contribution in [-0.4, -0.2) is 118 Å². The fraction of sp³-hybridized carbons (Fsp3) is 0.291. The van der Waals surface area contributed by atoms with Crippen LogP contribution in [0.5, 0.6) is 23.5 Å². The number of fused-ring (bicyclic) bond motifs is 4. The molecule has 12 aromatic rings. The molecule has 560 valence electrons. The van der Waals surface area contributed by atoms with E-state index in [1.807, 2.05) is 266 Å². The van der Waals surface area contributed by atoms with E-state index in [9.17, 15) is 23.6 Å². The quantitative estimate of drug-likeness (QED) is 0.0883. The van der Waals surface area contributed by atoms with E-state index in [0.717, 1.165) is 156 Å². The number of ether oxygens (including phenoxy) is 4. The Kier molecular flexibility index (Phi) is 24.6. The molecular formula is C86H91FN14O8. The lowest BCUT2D eigenvalue weighted by Gasteiger charge is -2.20. The Balaban J connectivity index is 0.000000128. The molecule has 0 aliphatic carbocycles.